The standard InChI is InChI=1S/C44H34N4/c45-43(35-21-11-4-12-22-35)48-44(46-31-32-15-5-1-6-16-32)39-26-14-24-37(28-39)36-23-13-25-38(27-36)42-30-40(33-17-7-2-8-18-33)29-41(47-42)34-19-9-3-10-20-34/h1-30H,31H2,(H2,45,46,48). The Morgan fingerprint density at radius 2 is 0.938 bits per heavy atom. The fraction of sp³-hybridized carbons (Fsp3) is 0.0227. The third-order valence-electron chi connectivity index (χ3n) is 8.16. The third-order valence-corrected chi connectivity index (χ3v) is 8.16. The van der Waals surface area contributed by atoms with E-state index in [-0.39, 0.29) is 0 Å². The molecule has 0 spiro atoms. The molecule has 0 saturated heterocycles. The molecule has 48 heavy (non-hydrogen) atoms. The molecule has 230 valence electrons. The minimum absolute atomic E-state index is 0.424. The van der Waals surface area contributed by atoms with Crippen molar-refractivity contribution in [2.75, 3.05) is 0 Å². The topological polar surface area (TPSA) is 63.6 Å². The first-order chi connectivity index (χ1) is 23.7. The van der Waals surface area contributed by atoms with Crippen LogP contribution in [0.3, 0.4) is 0 Å². The Morgan fingerprint density at radius 1 is 0.438 bits per heavy atom. The van der Waals surface area contributed by atoms with E-state index in [0.29, 0.717) is 18.2 Å². The summed E-state index contributed by atoms with van der Waals surface area (Å²) in [6, 6.07) is 62.0. The van der Waals surface area contributed by atoms with Crippen molar-refractivity contribution in [3.05, 3.63) is 199 Å². The average molecular weight is 619 g/mol. The van der Waals surface area contributed by atoms with Crippen LogP contribution in [0.2, 0.25) is 0 Å². The van der Waals surface area contributed by atoms with Gasteiger partial charge in [-0.2, -0.15) is 0 Å². The average Bonchev–Trinajstić information content (AvgIpc) is 3.18. The van der Waals surface area contributed by atoms with Crippen LogP contribution in [0.25, 0.3) is 44.8 Å². The van der Waals surface area contributed by atoms with Crippen LogP contribution in [0.5, 0.6) is 0 Å². The molecule has 0 atom stereocenters. The quantitative estimate of drug-likeness (QED) is 0.136. The van der Waals surface area contributed by atoms with Gasteiger partial charge in [0.25, 0.3) is 0 Å². The molecule has 0 aliphatic heterocycles. The molecule has 1 heterocycles. The van der Waals surface area contributed by atoms with Crippen molar-refractivity contribution in [3.63, 3.8) is 0 Å². The van der Waals surface area contributed by atoms with Crippen LogP contribution in [0.1, 0.15) is 16.7 Å². The van der Waals surface area contributed by atoms with Gasteiger partial charge in [0.15, 0.2) is 5.84 Å². The van der Waals surface area contributed by atoms with Gasteiger partial charge >= 0.3 is 0 Å². The molecule has 0 saturated carbocycles. The molecule has 0 aliphatic carbocycles. The van der Waals surface area contributed by atoms with E-state index in [2.05, 4.69) is 109 Å². The van der Waals surface area contributed by atoms with Gasteiger partial charge in [0.05, 0.1) is 17.9 Å². The number of pyridine rings is 1. The van der Waals surface area contributed by atoms with Crippen molar-refractivity contribution in [1.29, 1.82) is 0 Å². The fourth-order valence-corrected chi connectivity index (χ4v) is 5.66. The summed E-state index contributed by atoms with van der Waals surface area (Å²) in [6.07, 6.45) is 0. The Kier molecular flexibility index (Phi) is 9.06. The minimum Gasteiger partial charge on any atom is -0.383 e. The summed E-state index contributed by atoms with van der Waals surface area (Å²) >= 11 is 0. The fourth-order valence-electron chi connectivity index (χ4n) is 5.66. The SMILES string of the molecule is NC(=NC(=NCc1ccccc1)c1cccc(-c2cccc(-c3cc(-c4ccccc4)cc(-c4ccccc4)n3)c2)c1)c1ccccc1. The molecule has 4 heteroatoms. The predicted molar refractivity (Wildman–Crippen MR) is 200 cm³/mol. The van der Waals surface area contributed by atoms with Gasteiger partial charge in [0.2, 0.25) is 0 Å². The normalized spacial score (nSPS) is 11.8. The smallest absolute Gasteiger partial charge is 0.157 e. The molecule has 0 radical (unpaired) electrons. The second kappa shape index (κ2) is 14.4. The number of aliphatic imine (C=N–C) groups is 2. The van der Waals surface area contributed by atoms with Crippen LogP contribution < -0.4 is 5.73 Å². The van der Waals surface area contributed by atoms with E-state index in [1.807, 2.05) is 72.8 Å². The lowest BCUT2D eigenvalue weighted by Crippen LogP contribution is -2.16. The van der Waals surface area contributed by atoms with Gasteiger partial charge in [-0.1, -0.05) is 158 Å². The van der Waals surface area contributed by atoms with Crippen molar-refractivity contribution in [1.82, 2.24) is 4.98 Å². The Labute approximate surface area is 281 Å². The maximum atomic E-state index is 6.51. The summed E-state index contributed by atoms with van der Waals surface area (Å²) in [5.41, 5.74) is 17.7. The van der Waals surface area contributed by atoms with E-state index in [1.54, 1.807) is 0 Å². The van der Waals surface area contributed by atoms with Gasteiger partial charge < -0.3 is 5.73 Å². The maximum absolute atomic E-state index is 6.51. The summed E-state index contributed by atoms with van der Waals surface area (Å²) in [7, 11) is 0. The predicted octanol–water partition coefficient (Wildman–Crippen LogP) is 10.1. The highest BCUT2D eigenvalue weighted by Gasteiger charge is 2.12. The van der Waals surface area contributed by atoms with E-state index in [9.17, 15) is 0 Å². The Balaban J connectivity index is 1.28. The lowest BCUT2D eigenvalue weighted by molar-refractivity contribution is 1.06. The monoisotopic (exact) mass is 618 g/mol. The first-order valence-corrected chi connectivity index (χ1v) is 16.0. The number of hydrogen-bond donors (Lipinski definition) is 1. The zero-order chi connectivity index (χ0) is 32.5. The van der Waals surface area contributed by atoms with Gasteiger partial charge in [-0.15, -0.1) is 0 Å². The number of amidine groups is 2. The highest BCUT2D eigenvalue weighted by Crippen LogP contribution is 2.32. The third kappa shape index (κ3) is 7.19. The summed E-state index contributed by atoms with van der Waals surface area (Å²) in [4.78, 5) is 14.9. The van der Waals surface area contributed by atoms with Crippen LogP contribution in [-0.4, -0.2) is 16.7 Å². The summed E-state index contributed by atoms with van der Waals surface area (Å²) in [5.74, 6) is 1.01. The molecule has 2 N–H and O–H groups in total. The van der Waals surface area contributed by atoms with Crippen LogP contribution >= 0.6 is 0 Å². The molecule has 1 aromatic heterocycles. The molecule has 7 rings (SSSR count). The van der Waals surface area contributed by atoms with E-state index in [0.717, 1.165) is 61.5 Å². The first-order valence-electron chi connectivity index (χ1n) is 16.0. The lowest BCUT2D eigenvalue weighted by atomic mass is 9.97. The zero-order valence-corrected chi connectivity index (χ0v) is 26.4. The highest BCUT2D eigenvalue weighted by atomic mass is 15.0. The van der Waals surface area contributed by atoms with E-state index in [4.69, 9.17) is 20.7 Å². The Morgan fingerprint density at radius 3 is 1.62 bits per heavy atom. The van der Waals surface area contributed by atoms with Gasteiger partial charge in [-0.05, 0) is 52.1 Å². The van der Waals surface area contributed by atoms with E-state index >= 15 is 0 Å². The summed E-state index contributed by atoms with van der Waals surface area (Å²) < 4.78 is 0. The Hall–Kier alpha value is -6.39. The van der Waals surface area contributed by atoms with Gasteiger partial charge in [0.1, 0.15) is 5.84 Å². The molecule has 7 aromatic rings. The van der Waals surface area contributed by atoms with Crippen molar-refractivity contribution in [2.24, 2.45) is 15.7 Å². The molecule has 6 aromatic carbocycles. The molecule has 0 aliphatic rings. The van der Waals surface area contributed by atoms with Crippen molar-refractivity contribution in [3.8, 4) is 44.8 Å². The van der Waals surface area contributed by atoms with Gasteiger partial charge in [-0.25, -0.2) is 9.98 Å². The number of hydrogen-bond acceptors (Lipinski definition) is 2. The number of rotatable bonds is 8. The largest absolute Gasteiger partial charge is 0.383 e. The second-order valence-corrected chi connectivity index (χ2v) is 11.5. The molecule has 4 nitrogen and oxygen atoms in total. The van der Waals surface area contributed by atoms with E-state index in [1.165, 1.54) is 0 Å². The van der Waals surface area contributed by atoms with Gasteiger partial charge in [-0.3, -0.25) is 4.99 Å². The minimum atomic E-state index is 0.424. The molecule has 0 bridgehead atoms. The lowest BCUT2D eigenvalue weighted by Gasteiger charge is -2.12. The number of benzene rings is 6. The second-order valence-electron chi connectivity index (χ2n) is 11.5. The van der Waals surface area contributed by atoms with Crippen molar-refractivity contribution >= 4 is 11.7 Å². The zero-order valence-electron chi connectivity index (χ0n) is 26.4. The van der Waals surface area contributed by atoms with Crippen LogP contribution in [0.4, 0.5) is 0 Å². The summed E-state index contributed by atoms with van der Waals surface area (Å²) in [6.45, 7) is 0.495. The van der Waals surface area contributed by atoms with Crippen LogP contribution in [0.15, 0.2) is 192 Å². The molecule has 0 unspecified atom stereocenters. The van der Waals surface area contributed by atoms with Gasteiger partial charge in [0, 0.05) is 22.3 Å². The number of nitrogens with two attached hydrogens (primary N) is 1. The molecular formula is C44H34N4. The van der Waals surface area contributed by atoms with E-state index < -0.39 is 0 Å². The Bertz CT molecular complexity index is 2130. The molecular weight excluding hydrogens is 585 g/mol. The molecule has 0 amide bonds. The van der Waals surface area contributed by atoms with Crippen LogP contribution in [0, 0.1) is 0 Å². The van der Waals surface area contributed by atoms with Crippen molar-refractivity contribution < 1.29 is 0 Å². The highest BCUT2D eigenvalue weighted by molar-refractivity contribution is 6.11. The summed E-state index contributed by atoms with van der Waals surface area (Å²) in [5, 5.41) is 0. The first kappa shape index (κ1) is 30.3. The number of aromatic nitrogens is 1. The van der Waals surface area contributed by atoms with Crippen molar-refractivity contribution in [2.45, 2.75) is 6.54 Å². The molecule has 0 fully saturated rings. The van der Waals surface area contributed by atoms with Crippen LogP contribution in [-0.2, 0) is 6.54 Å². The maximum Gasteiger partial charge on any atom is 0.157 e. The number of nitrogens with zero attached hydrogens (tertiary/aromatic N) is 3.